The Morgan fingerprint density at radius 3 is 2.22 bits per heavy atom. The van der Waals surface area contributed by atoms with E-state index in [1.54, 1.807) is 0 Å². The van der Waals surface area contributed by atoms with E-state index in [9.17, 15) is 0 Å². The van der Waals surface area contributed by atoms with Gasteiger partial charge in [0.25, 0.3) is 0 Å². The third kappa shape index (κ3) is 17.7. The van der Waals surface area contributed by atoms with Gasteiger partial charge in [-0.1, -0.05) is 12.5 Å². The molecule has 0 amide bonds. The van der Waals surface area contributed by atoms with Crippen LogP contribution in [0.5, 0.6) is 0 Å². The Labute approximate surface area is 84.3 Å². The molecule has 0 aliphatic heterocycles. The van der Waals surface area contributed by atoms with Crippen molar-refractivity contribution in [2.45, 2.75) is 12.8 Å². The molecular weight excluding hydrogens is 188 g/mol. The second-order valence-corrected chi connectivity index (χ2v) is 1.34. The maximum Gasteiger partial charge on any atom is 2.00 e. The number of halogens is 1. The van der Waals surface area contributed by atoms with Crippen LogP contribution in [0.3, 0.4) is 0 Å². The monoisotopic (exact) mass is 198 g/mol. The predicted octanol–water partition coefficient (Wildman–Crippen LogP) is -1.03. The van der Waals surface area contributed by atoms with E-state index < -0.39 is 0 Å². The second-order valence-electron chi connectivity index (χ2n) is 1.34. The van der Waals surface area contributed by atoms with Crippen LogP contribution in [0.25, 0.3) is 0 Å². The van der Waals surface area contributed by atoms with Gasteiger partial charge in [-0.05, 0) is 6.42 Å². The van der Waals surface area contributed by atoms with E-state index in [0.717, 1.165) is 12.8 Å². The van der Waals surface area contributed by atoms with Crippen LogP contribution < -0.4 is 17.0 Å². The van der Waals surface area contributed by atoms with Gasteiger partial charge in [0.1, 0.15) is 0 Å². The van der Waals surface area contributed by atoms with E-state index in [2.05, 4.69) is 13.5 Å². The van der Waals surface area contributed by atoms with Crippen molar-refractivity contribution >= 4 is 23.1 Å². The summed E-state index contributed by atoms with van der Waals surface area (Å²) in [6, 6.07) is 0. The minimum absolute atomic E-state index is 0. The molecule has 0 heterocycles. The third-order valence-electron chi connectivity index (χ3n) is 0.704. The summed E-state index contributed by atoms with van der Waals surface area (Å²) in [7, 11) is 0. The van der Waals surface area contributed by atoms with Crippen LogP contribution in [0.2, 0.25) is 0 Å². The molecule has 0 N–H and O–H groups in total. The number of rotatable bonds is 3. The first-order valence-electron chi connectivity index (χ1n) is 2.47. The molecule has 0 bridgehead atoms. The summed E-state index contributed by atoms with van der Waals surface area (Å²) < 4.78 is 0. The van der Waals surface area contributed by atoms with Crippen LogP contribution in [0.4, 0.5) is 0 Å². The van der Waals surface area contributed by atoms with Crippen LogP contribution >= 0.6 is 0 Å². The van der Waals surface area contributed by atoms with Gasteiger partial charge in [0.15, 0.2) is 0 Å². The summed E-state index contributed by atoms with van der Waals surface area (Å²) in [5, 5.41) is 0. The molecule has 0 spiro atoms. The van der Waals surface area contributed by atoms with Gasteiger partial charge in [-0.2, -0.15) is 0 Å². The van der Waals surface area contributed by atoms with E-state index in [1.807, 2.05) is 18.2 Å². The Hall–Kier alpha value is 0.596. The molecule has 0 nitrogen and oxygen atoms in total. The van der Waals surface area contributed by atoms with Crippen molar-refractivity contribution in [3.8, 4) is 0 Å². The van der Waals surface area contributed by atoms with E-state index in [4.69, 9.17) is 0 Å². The Bertz CT molecular complexity index is 69.3. The maximum atomic E-state index is 3.58. The predicted molar refractivity (Wildman–Crippen MR) is 39.7 cm³/mol. The van der Waals surface area contributed by atoms with Crippen LogP contribution in [0.1, 0.15) is 12.8 Å². The van der Waals surface area contributed by atoms with Crippen LogP contribution in [-0.4, -0.2) is 23.1 Å². The molecule has 0 aliphatic rings. The molecule has 9 heavy (non-hydrogen) atoms. The number of hydrogen-bond donors (Lipinski definition) is 0. The Kier molecular flexibility index (Phi) is 28.7. The fourth-order valence-electron chi connectivity index (χ4n) is 0.332. The SMILES string of the molecule is C=CCC/C=C/[CH2-].[Br-].[Mg+2]. The van der Waals surface area contributed by atoms with Gasteiger partial charge < -0.3 is 17.0 Å². The molecular formula is C7H11BrMg. The first kappa shape index (κ1) is 16.3. The van der Waals surface area contributed by atoms with Crippen molar-refractivity contribution in [2.24, 2.45) is 0 Å². The topological polar surface area (TPSA) is 0 Å². The number of hydrogen-bond acceptors (Lipinski definition) is 0. The van der Waals surface area contributed by atoms with Gasteiger partial charge in [-0.3, -0.25) is 0 Å². The first-order chi connectivity index (χ1) is 3.41. The molecule has 0 aromatic carbocycles. The quantitative estimate of drug-likeness (QED) is 0.236. The first-order valence-corrected chi connectivity index (χ1v) is 2.47. The minimum Gasteiger partial charge on any atom is -1.00 e. The fourth-order valence-corrected chi connectivity index (χ4v) is 0.332. The van der Waals surface area contributed by atoms with Gasteiger partial charge in [-0.15, -0.1) is 6.58 Å². The van der Waals surface area contributed by atoms with E-state index >= 15 is 0 Å². The Morgan fingerprint density at radius 2 is 1.89 bits per heavy atom. The van der Waals surface area contributed by atoms with Gasteiger partial charge in [-0.25, -0.2) is 19.1 Å². The van der Waals surface area contributed by atoms with E-state index in [1.165, 1.54) is 0 Å². The molecule has 0 aliphatic carbocycles. The van der Waals surface area contributed by atoms with Gasteiger partial charge in [0.05, 0.1) is 0 Å². The standard InChI is InChI=1S/C7H11.BrH.Mg/c1-3-5-7-6-4-2;;/h3-5H,1-2,6-7H2;1H;/q-1;;+2/p-1/b5-3+;;. The average Bonchev–Trinajstić information content (AvgIpc) is 1.69. The summed E-state index contributed by atoms with van der Waals surface area (Å²) in [5.74, 6) is 0. The smallest absolute Gasteiger partial charge is 1.00 e. The Morgan fingerprint density at radius 1 is 1.33 bits per heavy atom. The summed E-state index contributed by atoms with van der Waals surface area (Å²) in [5.41, 5.74) is 0. The molecule has 0 rings (SSSR count). The van der Waals surface area contributed by atoms with Crippen molar-refractivity contribution in [1.29, 1.82) is 0 Å². The molecule has 0 unspecified atom stereocenters. The van der Waals surface area contributed by atoms with Crippen molar-refractivity contribution in [2.75, 3.05) is 0 Å². The summed E-state index contributed by atoms with van der Waals surface area (Å²) in [4.78, 5) is 0. The normalized spacial score (nSPS) is 7.56. The molecule has 0 fully saturated rings. The second kappa shape index (κ2) is 15.8. The van der Waals surface area contributed by atoms with Crippen LogP contribution in [-0.2, 0) is 0 Å². The largest absolute Gasteiger partial charge is 2.00 e. The molecule has 0 aromatic rings. The molecule has 0 radical (unpaired) electrons. The Balaban J connectivity index is -0.000000180. The molecule has 0 atom stereocenters. The third-order valence-corrected chi connectivity index (χ3v) is 0.704. The average molecular weight is 199 g/mol. The zero-order valence-electron chi connectivity index (χ0n) is 5.65. The van der Waals surface area contributed by atoms with Crippen molar-refractivity contribution in [3.63, 3.8) is 0 Å². The van der Waals surface area contributed by atoms with E-state index in [0.29, 0.717) is 0 Å². The summed E-state index contributed by atoms with van der Waals surface area (Å²) in [6.45, 7) is 7.12. The zero-order valence-corrected chi connectivity index (χ0v) is 8.65. The summed E-state index contributed by atoms with van der Waals surface area (Å²) >= 11 is 0. The van der Waals surface area contributed by atoms with Crippen molar-refractivity contribution in [1.82, 2.24) is 0 Å². The van der Waals surface area contributed by atoms with Gasteiger partial charge in [0, 0.05) is 0 Å². The molecule has 0 aromatic heterocycles. The molecule has 0 saturated carbocycles. The molecule has 2 heteroatoms. The van der Waals surface area contributed by atoms with Gasteiger partial charge >= 0.3 is 23.1 Å². The van der Waals surface area contributed by atoms with Crippen LogP contribution in [0.15, 0.2) is 24.8 Å². The number of unbranched alkanes of at least 4 members (excludes halogenated alkanes) is 1. The van der Waals surface area contributed by atoms with Crippen molar-refractivity contribution < 1.29 is 17.0 Å². The zero-order chi connectivity index (χ0) is 5.54. The van der Waals surface area contributed by atoms with Crippen LogP contribution in [0, 0.1) is 6.92 Å². The fraction of sp³-hybridized carbons (Fsp3) is 0.286. The van der Waals surface area contributed by atoms with Crippen molar-refractivity contribution in [3.05, 3.63) is 31.7 Å². The van der Waals surface area contributed by atoms with Gasteiger partial charge in [0.2, 0.25) is 0 Å². The number of allylic oxidation sites excluding steroid dienone is 3. The summed E-state index contributed by atoms with van der Waals surface area (Å²) in [6.07, 6.45) is 7.88. The minimum atomic E-state index is 0. The maximum absolute atomic E-state index is 3.58. The van der Waals surface area contributed by atoms with E-state index in [-0.39, 0.29) is 40.0 Å². The molecule has 0 saturated heterocycles. The molecule has 48 valence electrons.